The molecule has 0 saturated carbocycles. The van der Waals surface area contributed by atoms with Gasteiger partial charge in [0.05, 0.1) is 0 Å². The molecule has 0 heterocycles. The first-order valence-electron chi connectivity index (χ1n) is 6.18. The molecule has 0 aliphatic heterocycles. The van der Waals surface area contributed by atoms with Crippen LogP contribution in [-0.4, -0.2) is 24.8 Å². The molecule has 1 aromatic carbocycles. The molecule has 4 N–H and O–H groups in total. The fourth-order valence-electron chi connectivity index (χ4n) is 1.79. The second-order valence-corrected chi connectivity index (χ2v) is 5.04. The van der Waals surface area contributed by atoms with E-state index >= 15 is 0 Å². The molecule has 1 atom stereocenters. The van der Waals surface area contributed by atoms with Crippen molar-refractivity contribution >= 4 is 23.2 Å². The minimum absolute atomic E-state index is 0.0453. The molecule has 0 aliphatic rings. The van der Waals surface area contributed by atoms with E-state index in [2.05, 4.69) is 5.32 Å². The third-order valence-corrected chi connectivity index (χ3v) is 3.36. The van der Waals surface area contributed by atoms with Gasteiger partial charge in [-0.15, -0.1) is 0 Å². The standard InChI is InChI=1S/C13H20Cl2N2O/c14-10-4-5-11(12(15)8-10)13(9-16)17-6-2-1-3-7-18/h4-5,8,13,17-18H,1-3,6-7,9,16H2. The van der Waals surface area contributed by atoms with E-state index < -0.39 is 0 Å². The van der Waals surface area contributed by atoms with Gasteiger partial charge in [0.15, 0.2) is 0 Å². The number of aliphatic hydroxyl groups is 1. The van der Waals surface area contributed by atoms with E-state index in [1.807, 2.05) is 12.1 Å². The molecular formula is C13H20Cl2N2O. The third kappa shape index (κ3) is 5.12. The minimum atomic E-state index is 0.0453. The predicted molar refractivity (Wildman–Crippen MR) is 77.2 cm³/mol. The second kappa shape index (κ2) is 8.73. The van der Waals surface area contributed by atoms with E-state index in [9.17, 15) is 0 Å². The zero-order chi connectivity index (χ0) is 13.4. The molecule has 1 unspecified atom stereocenters. The van der Waals surface area contributed by atoms with Crippen LogP contribution in [0.3, 0.4) is 0 Å². The van der Waals surface area contributed by atoms with Gasteiger partial charge in [0.25, 0.3) is 0 Å². The number of hydrogen-bond donors (Lipinski definition) is 3. The molecule has 0 saturated heterocycles. The fraction of sp³-hybridized carbons (Fsp3) is 0.538. The van der Waals surface area contributed by atoms with Crippen LogP contribution in [0.1, 0.15) is 30.9 Å². The number of aliphatic hydroxyl groups excluding tert-OH is 1. The average Bonchev–Trinajstić information content (AvgIpc) is 2.35. The molecular weight excluding hydrogens is 271 g/mol. The molecule has 0 amide bonds. The number of hydrogen-bond acceptors (Lipinski definition) is 3. The monoisotopic (exact) mass is 290 g/mol. The van der Waals surface area contributed by atoms with Gasteiger partial charge in [-0.25, -0.2) is 0 Å². The lowest BCUT2D eigenvalue weighted by molar-refractivity contribution is 0.282. The Hall–Kier alpha value is -0.320. The fourth-order valence-corrected chi connectivity index (χ4v) is 2.33. The van der Waals surface area contributed by atoms with Crippen LogP contribution in [-0.2, 0) is 0 Å². The van der Waals surface area contributed by atoms with Gasteiger partial charge in [-0.3, -0.25) is 0 Å². The highest BCUT2D eigenvalue weighted by molar-refractivity contribution is 6.35. The van der Waals surface area contributed by atoms with Gasteiger partial charge in [0, 0.05) is 29.2 Å². The van der Waals surface area contributed by atoms with Crippen molar-refractivity contribution in [2.24, 2.45) is 5.73 Å². The SMILES string of the molecule is NCC(NCCCCCO)c1ccc(Cl)cc1Cl. The summed E-state index contributed by atoms with van der Waals surface area (Å²) in [6, 6.07) is 5.50. The molecule has 1 rings (SSSR count). The summed E-state index contributed by atoms with van der Waals surface area (Å²) in [5, 5.41) is 13.3. The van der Waals surface area contributed by atoms with Crippen molar-refractivity contribution in [1.29, 1.82) is 0 Å². The lowest BCUT2D eigenvalue weighted by Gasteiger charge is -2.18. The smallest absolute Gasteiger partial charge is 0.0469 e. The quantitative estimate of drug-likeness (QED) is 0.645. The number of halogens is 2. The van der Waals surface area contributed by atoms with Crippen molar-refractivity contribution in [2.75, 3.05) is 19.7 Å². The molecule has 18 heavy (non-hydrogen) atoms. The maximum absolute atomic E-state index is 8.69. The van der Waals surface area contributed by atoms with Gasteiger partial charge in [-0.2, -0.15) is 0 Å². The van der Waals surface area contributed by atoms with Gasteiger partial charge in [-0.1, -0.05) is 29.3 Å². The van der Waals surface area contributed by atoms with Crippen LogP contribution in [0.5, 0.6) is 0 Å². The minimum Gasteiger partial charge on any atom is -0.396 e. The summed E-state index contributed by atoms with van der Waals surface area (Å²) in [5.41, 5.74) is 6.74. The summed E-state index contributed by atoms with van der Waals surface area (Å²) in [7, 11) is 0. The number of unbranched alkanes of at least 4 members (excludes halogenated alkanes) is 2. The molecule has 5 heteroatoms. The number of rotatable bonds is 8. The Morgan fingerprint density at radius 2 is 2.00 bits per heavy atom. The Morgan fingerprint density at radius 3 is 2.61 bits per heavy atom. The van der Waals surface area contributed by atoms with Crippen molar-refractivity contribution in [1.82, 2.24) is 5.32 Å². The van der Waals surface area contributed by atoms with Gasteiger partial charge >= 0.3 is 0 Å². The molecule has 0 aliphatic carbocycles. The molecule has 0 aromatic heterocycles. The Balaban J connectivity index is 2.49. The van der Waals surface area contributed by atoms with E-state index in [0.717, 1.165) is 31.4 Å². The second-order valence-electron chi connectivity index (χ2n) is 4.19. The first kappa shape index (κ1) is 15.7. The Kier molecular flexibility index (Phi) is 7.63. The summed E-state index contributed by atoms with van der Waals surface area (Å²) in [6.07, 6.45) is 2.87. The Bertz CT molecular complexity index is 361. The molecule has 0 radical (unpaired) electrons. The maximum atomic E-state index is 8.69. The topological polar surface area (TPSA) is 58.3 Å². The summed E-state index contributed by atoms with van der Waals surface area (Å²) in [6.45, 7) is 1.60. The van der Waals surface area contributed by atoms with E-state index in [4.69, 9.17) is 34.0 Å². The molecule has 0 bridgehead atoms. The third-order valence-electron chi connectivity index (χ3n) is 2.80. The highest BCUT2D eigenvalue weighted by Gasteiger charge is 2.12. The summed E-state index contributed by atoms with van der Waals surface area (Å²) >= 11 is 12.0. The van der Waals surface area contributed by atoms with Crippen molar-refractivity contribution < 1.29 is 5.11 Å². The van der Waals surface area contributed by atoms with Crippen LogP contribution in [0.2, 0.25) is 10.0 Å². The van der Waals surface area contributed by atoms with E-state index in [1.165, 1.54) is 0 Å². The van der Waals surface area contributed by atoms with Crippen molar-refractivity contribution in [3.63, 3.8) is 0 Å². The Morgan fingerprint density at radius 1 is 1.22 bits per heavy atom. The number of nitrogens with one attached hydrogen (secondary N) is 1. The zero-order valence-electron chi connectivity index (χ0n) is 10.3. The largest absolute Gasteiger partial charge is 0.396 e. The number of nitrogens with two attached hydrogens (primary N) is 1. The first-order valence-corrected chi connectivity index (χ1v) is 6.94. The van der Waals surface area contributed by atoms with E-state index in [-0.39, 0.29) is 12.6 Å². The van der Waals surface area contributed by atoms with Crippen LogP contribution in [0, 0.1) is 0 Å². The van der Waals surface area contributed by atoms with Crippen LogP contribution in [0.15, 0.2) is 18.2 Å². The highest BCUT2D eigenvalue weighted by Crippen LogP contribution is 2.25. The van der Waals surface area contributed by atoms with Gasteiger partial charge < -0.3 is 16.2 Å². The van der Waals surface area contributed by atoms with Crippen LogP contribution >= 0.6 is 23.2 Å². The van der Waals surface area contributed by atoms with Crippen LogP contribution in [0.25, 0.3) is 0 Å². The molecule has 102 valence electrons. The van der Waals surface area contributed by atoms with Gasteiger partial charge in [0.1, 0.15) is 0 Å². The highest BCUT2D eigenvalue weighted by atomic mass is 35.5. The Labute approximate surface area is 118 Å². The summed E-state index contributed by atoms with van der Waals surface area (Å²) in [4.78, 5) is 0. The maximum Gasteiger partial charge on any atom is 0.0469 e. The lowest BCUT2D eigenvalue weighted by Crippen LogP contribution is -2.29. The predicted octanol–water partition coefficient (Wildman–Crippen LogP) is 2.75. The first-order chi connectivity index (χ1) is 8.69. The molecule has 0 fully saturated rings. The van der Waals surface area contributed by atoms with Crippen molar-refractivity contribution in [2.45, 2.75) is 25.3 Å². The molecule has 3 nitrogen and oxygen atoms in total. The van der Waals surface area contributed by atoms with Crippen molar-refractivity contribution in [3.05, 3.63) is 33.8 Å². The van der Waals surface area contributed by atoms with Crippen molar-refractivity contribution in [3.8, 4) is 0 Å². The molecule has 0 spiro atoms. The van der Waals surface area contributed by atoms with E-state index in [1.54, 1.807) is 6.07 Å². The zero-order valence-corrected chi connectivity index (χ0v) is 11.8. The molecule has 1 aromatic rings. The van der Waals surface area contributed by atoms with Gasteiger partial charge in [-0.05, 0) is 43.5 Å². The normalized spacial score (nSPS) is 12.7. The van der Waals surface area contributed by atoms with E-state index in [0.29, 0.717) is 16.6 Å². The number of benzene rings is 1. The van der Waals surface area contributed by atoms with Gasteiger partial charge in [0.2, 0.25) is 0 Å². The van der Waals surface area contributed by atoms with Crippen LogP contribution < -0.4 is 11.1 Å². The summed E-state index contributed by atoms with van der Waals surface area (Å²) < 4.78 is 0. The average molecular weight is 291 g/mol. The summed E-state index contributed by atoms with van der Waals surface area (Å²) in [5.74, 6) is 0. The lowest BCUT2D eigenvalue weighted by atomic mass is 10.1. The van der Waals surface area contributed by atoms with Crippen LogP contribution in [0.4, 0.5) is 0 Å².